The molecule has 0 aromatic rings. The zero-order valence-corrected chi connectivity index (χ0v) is 12.9. The van der Waals surface area contributed by atoms with Crippen molar-refractivity contribution in [2.24, 2.45) is 11.3 Å². The van der Waals surface area contributed by atoms with E-state index in [-0.39, 0.29) is 0 Å². The van der Waals surface area contributed by atoms with E-state index in [1.807, 2.05) is 0 Å². The molecule has 2 fully saturated rings. The lowest BCUT2D eigenvalue weighted by Crippen LogP contribution is -2.38. The monoisotopic (exact) mass is 292 g/mol. The van der Waals surface area contributed by atoms with Crippen molar-refractivity contribution in [1.82, 2.24) is 0 Å². The topological polar surface area (TPSA) is 52.6 Å². The van der Waals surface area contributed by atoms with Crippen molar-refractivity contribution in [3.8, 4) is 0 Å². The van der Waals surface area contributed by atoms with E-state index >= 15 is 0 Å². The first-order valence-corrected chi connectivity index (χ1v) is 7.59. The highest BCUT2D eigenvalue weighted by molar-refractivity contribution is 6.01. The first kappa shape index (κ1) is 15.8. The Labute approximate surface area is 126 Å². The Morgan fingerprint density at radius 2 is 1.67 bits per heavy atom. The van der Waals surface area contributed by atoms with Crippen LogP contribution in [0.4, 0.5) is 0 Å². The highest BCUT2D eigenvalue weighted by Crippen LogP contribution is 2.47. The third-order valence-corrected chi connectivity index (χ3v) is 4.70. The maximum atomic E-state index is 12.1. The van der Waals surface area contributed by atoms with Gasteiger partial charge < -0.3 is 9.47 Å². The zero-order valence-electron chi connectivity index (χ0n) is 12.9. The fourth-order valence-corrected chi connectivity index (χ4v) is 3.52. The van der Waals surface area contributed by atoms with Crippen LogP contribution in [0, 0.1) is 11.3 Å². The van der Waals surface area contributed by atoms with Crippen LogP contribution in [0.25, 0.3) is 0 Å². The van der Waals surface area contributed by atoms with Gasteiger partial charge in [-0.05, 0) is 37.2 Å². The van der Waals surface area contributed by atoms with Crippen LogP contribution in [0.15, 0.2) is 23.8 Å². The minimum atomic E-state index is -1.24. The molecule has 0 unspecified atom stereocenters. The highest BCUT2D eigenvalue weighted by atomic mass is 16.5. The summed E-state index contributed by atoms with van der Waals surface area (Å²) in [6.07, 6.45) is 9.02. The SMILES string of the molecule is C=C1CC(C(=O)OC)(C(=O)OC)C/C1=C\C1CCCCC1. The van der Waals surface area contributed by atoms with Crippen LogP contribution in [0.2, 0.25) is 0 Å². The Bertz CT molecular complexity index is 453. The lowest BCUT2D eigenvalue weighted by Gasteiger charge is -2.22. The molecule has 2 rings (SSSR count). The number of carbonyl (C=O) groups is 2. The molecule has 2 saturated carbocycles. The lowest BCUT2D eigenvalue weighted by atomic mass is 9.84. The molecule has 0 radical (unpaired) electrons. The summed E-state index contributed by atoms with van der Waals surface area (Å²) < 4.78 is 9.68. The molecular weight excluding hydrogens is 268 g/mol. The first-order chi connectivity index (χ1) is 10.0. The highest BCUT2D eigenvalue weighted by Gasteiger charge is 2.53. The molecule has 0 N–H and O–H groups in total. The Balaban J connectivity index is 2.24. The lowest BCUT2D eigenvalue weighted by molar-refractivity contribution is -0.168. The van der Waals surface area contributed by atoms with E-state index in [0.717, 1.165) is 11.1 Å². The second-order valence-electron chi connectivity index (χ2n) is 6.11. The van der Waals surface area contributed by atoms with Crippen molar-refractivity contribution in [2.75, 3.05) is 14.2 Å². The molecule has 0 heterocycles. The number of hydrogen-bond donors (Lipinski definition) is 0. The van der Waals surface area contributed by atoms with Crippen molar-refractivity contribution in [3.05, 3.63) is 23.8 Å². The fourth-order valence-electron chi connectivity index (χ4n) is 3.52. The second-order valence-corrected chi connectivity index (χ2v) is 6.11. The summed E-state index contributed by atoms with van der Waals surface area (Å²) in [7, 11) is 2.61. The summed E-state index contributed by atoms with van der Waals surface area (Å²) in [6, 6.07) is 0. The van der Waals surface area contributed by atoms with E-state index in [1.165, 1.54) is 46.3 Å². The van der Waals surface area contributed by atoms with E-state index in [4.69, 9.17) is 9.47 Å². The summed E-state index contributed by atoms with van der Waals surface area (Å²) in [5.41, 5.74) is 0.648. The van der Waals surface area contributed by atoms with Crippen LogP contribution in [0.1, 0.15) is 44.9 Å². The quantitative estimate of drug-likeness (QED) is 0.592. The van der Waals surface area contributed by atoms with Gasteiger partial charge in [-0.15, -0.1) is 0 Å². The molecule has 0 spiro atoms. The minimum absolute atomic E-state index is 0.297. The maximum absolute atomic E-state index is 12.1. The predicted octanol–water partition coefficient (Wildman–Crippen LogP) is 3.18. The van der Waals surface area contributed by atoms with Gasteiger partial charge in [0.25, 0.3) is 0 Å². The average Bonchev–Trinajstić information content (AvgIpc) is 2.84. The molecule has 0 amide bonds. The molecule has 21 heavy (non-hydrogen) atoms. The smallest absolute Gasteiger partial charge is 0.323 e. The van der Waals surface area contributed by atoms with Crippen molar-refractivity contribution < 1.29 is 19.1 Å². The van der Waals surface area contributed by atoms with Gasteiger partial charge in [-0.2, -0.15) is 0 Å². The minimum Gasteiger partial charge on any atom is -0.468 e. The van der Waals surface area contributed by atoms with Crippen molar-refractivity contribution >= 4 is 11.9 Å². The Morgan fingerprint density at radius 1 is 1.10 bits per heavy atom. The molecular formula is C17H24O4. The third kappa shape index (κ3) is 3.04. The molecule has 4 heteroatoms. The van der Waals surface area contributed by atoms with Gasteiger partial charge >= 0.3 is 11.9 Å². The van der Waals surface area contributed by atoms with E-state index in [0.29, 0.717) is 18.8 Å². The van der Waals surface area contributed by atoms with Gasteiger partial charge in [-0.3, -0.25) is 9.59 Å². The van der Waals surface area contributed by atoms with E-state index in [2.05, 4.69) is 12.7 Å². The summed E-state index contributed by atoms with van der Waals surface area (Å²) in [6.45, 7) is 4.05. The molecule has 0 bridgehead atoms. The van der Waals surface area contributed by atoms with Gasteiger partial charge in [0.2, 0.25) is 0 Å². The molecule has 2 aliphatic carbocycles. The van der Waals surface area contributed by atoms with E-state index < -0.39 is 17.4 Å². The van der Waals surface area contributed by atoms with Gasteiger partial charge in [0.1, 0.15) is 0 Å². The maximum Gasteiger partial charge on any atom is 0.323 e. The van der Waals surface area contributed by atoms with Crippen LogP contribution in [0.3, 0.4) is 0 Å². The molecule has 0 saturated heterocycles. The number of carbonyl (C=O) groups excluding carboxylic acids is 2. The van der Waals surface area contributed by atoms with Crippen LogP contribution in [-0.2, 0) is 19.1 Å². The number of rotatable bonds is 3. The summed E-state index contributed by atoms with van der Waals surface area (Å²) in [5.74, 6) is -0.512. The molecule has 0 aromatic carbocycles. The van der Waals surface area contributed by atoms with Gasteiger partial charge in [0.15, 0.2) is 5.41 Å². The van der Waals surface area contributed by atoms with Crippen LogP contribution < -0.4 is 0 Å². The molecule has 0 atom stereocenters. The van der Waals surface area contributed by atoms with Crippen LogP contribution in [-0.4, -0.2) is 26.2 Å². The number of allylic oxidation sites excluding steroid dienone is 3. The Morgan fingerprint density at radius 3 is 2.19 bits per heavy atom. The molecule has 4 nitrogen and oxygen atoms in total. The molecule has 0 aliphatic heterocycles. The summed E-state index contributed by atoms with van der Waals surface area (Å²) in [5, 5.41) is 0. The van der Waals surface area contributed by atoms with Crippen molar-refractivity contribution in [3.63, 3.8) is 0 Å². The molecule has 2 aliphatic rings. The molecule has 116 valence electrons. The van der Waals surface area contributed by atoms with Crippen molar-refractivity contribution in [2.45, 2.75) is 44.9 Å². The van der Waals surface area contributed by atoms with Crippen LogP contribution >= 0.6 is 0 Å². The number of methoxy groups -OCH3 is 2. The zero-order chi connectivity index (χ0) is 15.5. The number of esters is 2. The standard InChI is InChI=1S/C17H24O4/c1-12-10-17(15(18)20-2,16(19)21-3)11-14(12)9-13-7-5-4-6-8-13/h9,13H,1,4-8,10-11H2,2-3H3/b14-9+. The summed E-state index contributed by atoms with van der Waals surface area (Å²) in [4.78, 5) is 24.3. The van der Waals surface area contributed by atoms with Crippen molar-refractivity contribution in [1.29, 1.82) is 0 Å². The Kier molecular flexibility index (Phi) is 4.86. The van der Waals surface area contributed by atoms with Crippen LogP contribution in [0.5, 0.6) is 0 Å². The predicted molar refractivity (Wildman–Crippen MR) is 79.5 cm³/mol. The first-order valence-electron chi connectivity index (χ1n) is 7.59. The van der Waals surface area contributed by atoms with Gasteiger partial charge in [-0.1, -0.05) is 37.5 Å². The second kappa shape index (κ2) is 6.46. The Hall–Kier alpha value is -1.58. The normalized spacial score (nSPS) is 24.1. The number of ether oxygens (including phenoxy) is 2. The van der Waals surface area contributed by atoms with Gasteiger partial charge in [0.05, 0.1) is 14.2 Å². The largest absolute Gasteiger partial charge is 0.468 e. The van der Waals surface area contributed by atoms with Gasteiger partial charge in [0, 0.05) is 0 Å². The fraction of sp³-hybridized carbons (Fsp3) is 0.647. The summed E-state index contributed by atoms with van der Waals surface area (Å²) >= 11 is 0. The third-order valence-electron chi connectivity index (χ3n) is 4.70. The molecule has 0 aromatic heterocycles. The van der Waals surface area contributed by atoms with E-state index in [9.17, 15) is 9.59 Å². The van der Waals surface area contributed by atoms with E-state index in [1.54, 1.807) is 0 Å². The van der Waals surface area contributed by atoms with Gasteiger partial charge in [-0.25, -0.2) is 0 Å². The number of hydrogen-bond acceptors (Lipinski definition) is 4. The average molecular weight is 292 g/mol.